The second-order valence-electron chi connectivity index (χ2n) is 4.48. The predicted octanol–water partition coefficient (Wildman–Crippen LogP) is 5.16. The highest BCUT2D eigenvalue weighted by Crippen LogP contribution is 2.31. The fourth-order valence-electron chi connectivity index (χ4n) is 2.11. The molecule has 0 radical (unpaired) electrons. The largest absolute Gasteiger partial charge is 0.495 e. The van der Waals surface area contributed by atoms with Crippen LogP contribution in [0.15, 0.2) is 46.9 Å². The van der Waals surface area contributed by atoms with Crippen molar-refractivity contribution in [2.45, 2.75) is 19.4 Å². The van der Waals surface area contributed by atoms with Crippen molar-refractivity contribution in [2.24, 2.45) is 0 Å². The highest BCUT2D eigenvalue weighted by atomic mass is 79.9. The van der Waals surface area contributed by atoms with Crippen molar-refractivity contribution in [1.29, 1.82) is 0 Å². The summed E-state index contributed by atoms with van der Waals surface area (Å²) in [5, 5.41) is 3.35. The van der Waals surface area contributed by atoms with Gasteiger partial charge in [-0.15, -0.1) is 0 Å². The first-order valence-electron chi connectivity index (χ1n) is 6.50. The van der Waals surface area contributed by atoms with Gasteiger partial charge in [0.05, 0.1) is 17.6 Å². The van der Waals surface area contributed by atoms with Gasteiger partial charge in [-0.3, -0.25) is 0 Å². The number of anilines is 1. The van der Waals surface area contributed by atoms with Crippen LogP contribution in [0.1, 0.15) is 24.9 Å². The summed E-state index contributed by atoms with van der Waals surface area (Å²) in [4.78, 5) is 0. The van der Waals surface area contributed by atoms with Crippen LogP contribution in [0.25, 0.3) is 0 Å². The molecule has 0 saturated heterocycles. The summed E-state index contributed by atoms with van der Waals surface area (Å²) in [5.74, 6) is 0.564. The molecule has 0 aliphatic rings. The molecular formula is C16H17BrFNO. The molecule has 0 aliphatic carbocycles. The molecule has 0 aromatic heterocycles. The third-order valence-electron chi connectivity index (χ3n) is 3.18. The van der Waals surface area contributed by atoms with Crippen molar-refractivity contribution in [3.8, 4) is 5.75 Å². The minimum Gasteiger partial charge on any atom is -0.495 e. The normalized spacial score (nSPS) is 12.0. The SMILES string of the molecule is CCC(Nc1ccc(Br)c(OC)c1)c1ccccc1F. The molecule has 4 heteroatoms. The Balaban J connectivity index is 2.25. The highest BCUT2D eigenvalue weighted by molar-refractivity contribution is 9.10. The molecule has 20 heavy (non-hydrogen) atoms. The first-order chi connectivity index (χ1) is 9.65. The number of nitrogens with one attached hydrogen (secondary N) is 1. The minimum atomic E-state index is -0.184. The molecule has 1 N–H and O–H groups in total. The second-order valence-corrected chi connectivity index (χ2v) is 5.33. The summed E-state index contributed by atoms with van der Waals surface area (Å²) < 4.78 is 20.0. The van der Waals surface area contributed by atoms with Gasteiger partial charge in [-0.25, -0.2) is 4.39 Å². The van der Waals surface area contributed by atoms with E-state index >= 15 is 0 Å². The van der Waals surface area contributed by atoms with E-state index in [0.717, 1.165) is 22.3 Å². The Morgan fingerprint density at radius 2 is 2.00 bits per heavy atom. The lowest BCUT2D eigenvalue weighted by atomic mass is 10.0. The van der Waals surface area contributed by atoms with Gasteiger partial charge < -0.3 is 10.1 Å². The van der Waals surface area contributed by atoms with E-state index in [4.69, 9.17) is 4.74 Å². The topological polar surface area (TPSA) is 21.3 Å². The third-order valence-corrected chi connectivity index (χ3v) is 3.84. The van der Waals surface area contributed by atoms with Gasteiger partial charge in [0, 0.05) is 17.3 Å². The maximum absolute atomic E-state index is 13.9. The van der Waals surface area contributed by atoms with Crippen LogP contribution in [-0.2, 0) is 0 Å². The molecule has 0 amide bonds. The Morgan fingerprint density at radius 3 is 2.65 bits per heavy atom. The molecule has 2 aromatic rings. The third kappa shape index (κ3) is 3.31. The average molecular weight is 338 g/mol. The van der Waals surface area contributed by atoms with E-state index in [1.807, 2.05) is 37.3 Å². The molecule has 2 aromatic carbocycles. The fraction of sp³-hybridized carbons (Fsp3) is 0.250. The molecule has 0 saturated carbocycles. The Labute approximate surface area is 127 Å². The summed E-state index contributed by atoms with van der Waals surface area (Å²) in [6.45, 7) is 2.03. The molecule has 0 fully saturated rings. The van der Waals surface area contributed by atoms with Gasteiger partial charge in [0.1, 0.15) is 11.6 Å². The van der Waals surface area contributed by atoms with Crippen molar-refractivity contribution in [2.75, 3.05) is 12.4 Å². The number of rotatable bonds is 5. The van der Waals surface area contributed by atoms with Crippen LogP contribution in [0.3, 0.4) is 0 Å². The van der Waals surface area contributed by atoms with Crippen LogP contribution < -0.4 is 10.1 Å². The van der Waals surface area contributed by atoms with E-state index in [-0.39, 0.29) is 11.9 Å². The van der Waals surface area contributed by atoms with Crippen molar-refractivity contribution in [3.63, 3.8) is 0 Å². The molecule has 0 aliphatic heterocycles. The van der Waals surface area contributed by atoms with Crippen molar-refractivity contribution in [1.82, 2.24) is 0 Å². The summed E-state index contributed by atoms with van der Waals surface area (Å²) in [6.07, 6.45) is 0.791. The smallest absolute Gasteiger partial charge is 0.135 e. The highest BCUT2D eigenvalue weighted by Gasteiger charge is 2.14. The molecule has 2 rings (SSSR count). The van der Waals surface area contributed by atoms with E-state index in [1.165, 1.54) is 6.07 Å². The number of benzene rings is 2. The summed E-state index contributed by atoms with van der Waals surface area (Å²) in [7, 11) is 1.62. The van der Waals surface area contributed by atoms with Gasteiger partial charge in [0.25, 0.3) is 0 Å². The molecule has 0 spiro atoms. The molecule has 1 atom stereocenters. The zero-order valence-electron chi connectivity index (χ0n) is 11.5. The molecule has 0 heterocycles. The zero-order chi connectivity index (χ0) is 14.5. The number of hydrogen-bond acceptors (Lipinski definition) is 2. The van der Waals surface area contributed by atoms with Gasteiger partial charge in [0.2, 0.25) is 0 Å². The van der Waals surface area contributed by atoms with Gasteiger partial charge in [-0.1, -0.05) is 25.1 Å². The maximum Gasteiger partial charge on any atom is 0.135 e. The van der Waals surface area contributed by atoms with Gasteiger partial charge in [-0.2, -0.15) is 0 Å². The van der Waals surface area contributed by atoms with Gasteiger partial charge >= 0.3 is 0 Å². The molecule has 106 valence electrons. The van der Waals surface area contributed by atoms with Crippen molar-refractivity contribution >= 4 is 21.6 Å². The van der Waals surface area contributed by atoms with Crippen LogP contribution in [0.5, 0.6) is 5.75 Å². The van der Waals surface area contributed by atoms with Crippen LogP contribution >= 0.6 is 15.9 Å². The molecule has 2 nitrogen and oxygen atoms in total. The standard InChI is InChI=1S/C16H17BrFNO/c1-3-15(12-6-4-5-7-14(12)18)19-11-8-9-13(17)16(10-11)20-2/h4-10,15,19H,3H2,1-2H3. The van der Waals surface area contributed by atoms with E-state index < -0.39 is 0 Å². The van der Waals surface area contributed by atoms with E-state index in [0.29, 0.717) is 5.56 Å². The van der Waals surface area contributed by atoms with E-state index in [2.05, 4.69) is 21.2 Å². The Morgan fingerprint density at radius 1 is 1.25 bits per heavy atom. The van der Waals surface area contributed by atoms with Crippen molar-refractivity contribution < 1.29 is 9.13 Å². The lowest BCUT2D eigenvalue weighted by Crippen LogP contribution is -2.11. The molecular weight excluding hydrogens is 321 g/mol. The fourth-order valence-corrected chi connectivity index (χ4v) is 2.52. The lowest BCUT2D eigenvalue weighted by Gasteiger charge is -2.20. The van der Waals surface area contributed by atoms with Crippen molar-refractivity contribution in [3.05, 3.63) is 58.3 Å². The van der Waals surface area contributed by atoms with Crippen LogP contribution in [0.2, 0.25) is 0 Å². The van der Waals surface area contributed by atoms with Gasteiger partial charge in [-0.05, 0) is 40.5 Å². The van der Waals surface area contributed by atoms with Crippen LogP contribution in [-0.4, -0.2) is 7.11 Å². The Hall–Kier alpha value is -1.55. The maximum atomic E-state index is 13.9. The van der Waals surface area contributed by atoms with E-state index in [9.17, 15) is 4.39 Å². The molecule has 1 unspecified atom stereocenters. The van der Waals surface area contributed by atoms with Crippen LogP contribution in [0, 0.1) is 5.82 Å². The predicted molar refractivity (Wildman–Crippen MR) is 83.7 cm³/mol. The number of methoxy groups -OCH3 is 1. The summed E-state index contributed by atoms with van der Waals surface area (Å²) in [6, 6.07) is 12.5. The summed E-state index contributed by atoms with van der Waals surface area (Å²) >= 11 is 3.42. The lowest BCUT2D eigenvalue weighted by molar-refractivity contribution is 0.412. The monoisotopic (exact) mass is 337 g/mol. The average Bonchev–Trinajstić information content (AvgIpc) is 2.47. The quantitative estimate of drug-likeness (QED) is 0.813. The Bertz CT molecular complexity index is 588. The minimum absolute atomic E-state index is 0.0675. The van der Waals surface area contributed by atoms with E-state index in [1.54, 1.807) is 13.2 Å². The number of ether oxygens (including phenoxy) is 1. The van der Waals surface area contributed by atoms with Gasteiger partial charge in [0.15, 0.2) is 0 Å². The Kier molecular flexibility index (Phi) is 5.01. The number of halogens is 2. The summed E-state index contributed by atoms with van der Waals surface area (Å²) in [5.41, 5.74) is 1.58. The molecule has 0 bridgehead atoms. The first kappa shape index (κ1) is 14.9. The zero-order valence-corrected chi connectivity index (χ0v) is 13.1. The first-order valence-corrected chi connectivity index (χ1v) is 7.29. The number of hydrogen-bond donors (Lipinski definition) is 1. The van der Waals surface area contributed by atoms with Crippen LogP contribution in [0.4, 0.5) is 10.1 Å². The second kappa shape index (κ2) is 6.75.